The number of urea groups is 1. The Morgan fingerprint density at radius 3 is 2.48 bits per heavy atom. The number of nitrogens with one attached hydrogen (secondary N) is 3. The normalized spacial score (nSPS) is 11.3. The molecule has 0 bridgehead atoms. The van der Waals surface area contributed by atoms with Gasteiger partial charge in [-0.15, -0.1) is 0 Å². The fourth-order valence-corrected chi connectivity index (χ4v) is 4.94. The van der Waals surface area contributed by atoms with E-state index in [1.807, 2.05) is 0 Å². The largest absolute Gasteiger partial charge is 0.334 e. The van der Waals surface area contributed by atoms with Crippen molar-refractivity contribution in [3.05, 3.63) is 84.2 Å². The van der Waals surface area contributed by atoms with Crippen molar-refractivity contribution in [1.82, 2.24) is 10.3 Å². The second-order valence-electron chi connectivity index (χ2n) is 6.55. The van der Waals surface area contributed by atoms with Crippen LogP contribution in [0.4, 0.5) is 20.0 Å². The van der Waals surface area contributed by atoms with Gasteiger partial charge in [-0.2, -0.15) is 0 Å². The molecule has 0 saturated carbocycles. The van der Waals surface area contributed by atoms with Gasteiger partial charge in [0, 0.05) is 12.2 Å². The number of fused-ring (bicyclic) bond motifs is 1. The summed E-state index contributed by atoms with van der Waals surface area (Å²) in [5, 5.41) is 5.64. The smallest absolute Gasteiger partial charge is 0.319 e. The van der Waals surface area contributed by atoms with Gasteiger partial charge >= 0.3 is 6.03 Å². The summed E-state index contributed by atoms with van der Waals surface area (Å²) in [6, 6.07) is 18.5. The molecule has 2 amide bonds. The maximum atomic E-state index is 12.9. The van der Waals surface area contributed by atoms with E-state index in [2.05, 4.69) is 20.3 Å². The van der Waals surface area contributed by atoms with Crippen LogP contribution in [0.25, 0.3) is 10.2 Å². The van der Waals surface area contributed by atoms with E-state index < -0.39 is 16.1 Å². The molecule has 0 spiro atoms. The number of carbonyl (C=O) groups is 1. The van der Waals surface area contributed by atoms with Crippen molar-refractivity contribution in [2.24, 2.45) is 0 Å². The van der Waals surface area contributed by atoms with Gasteiger partial charge in [0.05, 0.1) is 15.1 Å². The van der Waals surface area contributed by atoms with Crippen molar-refractivity contribution in [2.45, 2.75) is 11.4 Å². The van der Waals surface area contributed by atoms with Crippen LogP contribution in [0, 0.1) is 5.82 Å². The number of anilines is 2. The number of aromatic nitrogens is 1. The number of benzene rings is 3. The van der Waals surface area contributed by atoms with Gasteiger partial charge in [-0.1, -0.05) is 41.7 Å². The molecule has 0 unspecified atom stereocenters. The average Bonchev–Trinajstić information content (AvgIpc) is 3.15. The van der Waals surface area contributed by atoms with Gasteiger partial charge in [0.2, 0.25) is 0 Å². The Bertz CT molecular complexity index is 1320. The molecule has 31 heavy (non-hydrogen) atoms. The molecular weight excluding hydrogens is 439 g/mol. The summed E-state index contributed by atoms with van der Waals surface area (Å²) in [4.78, 5) is 16.6. The minimum Gasteiger partial charge on any atom is -0.334 e. The summed E-state index contributed by atoms with van der Waals surface area (Å²) in [6.45, 7) is 0.250. The SMILES string of the molecule is O=C(NCc1ccc(F)cc1)Nc1ccc2nc(NS(=O)(=O)c3ccccc3)sc2c1. The standard InChI is InChI=1S/C21H17FN4O3S2/c22-15-8-6-14(7-9-15)13-23-20(27)24-16-10-11-18-19(12-16)30-21(25-18)26-31(28,29)17-4-2-1-3-5-17/h1-12H,13H2,(H,25,26)(H2,23,24,27). The van der Waals surface area contributed by atoms with Crippen LogP contribution in [-0.4, -0.2) is 19.4 Å². The number of hydrogen-bond acceptors (Lipinski definition) is 5. The zero-order chi connectivity index (χ0) is 21.8. The van der Waals surface area contributed by atoms with E-state index in [1.165, 1.54) is 24.3 Å². The van der Waals surface area contributed by atoms with Gasteiger partial charge < -0.3 is 10.6 Å². The first-order chi connectivity index (χ1) is 14.9. The highest BCUT2D eigenvalue weighted by Crippen LogP contribution is 2.29. The minimum atomic E-state index is -3.73. The summed E-state index contributed by atoms with van der Waals surface area (Å²) in [5.41, 5.74) is 1.91. The highest BCUT2D eigenvalue weighted by molar-refractivity contribution is 7.93. The molecule has 0 radical (unpaired) electrons. The lowest BCUT2D eigenvalue weighted by molar-refractivity contribution is 0.251. The first kappa shape index (κ1) is 20.8. The predicted octanol–water partition coefficient (Wildman–Crippen LogP) is 4.56. The number of hydrogen-bond donors (Lipinski definition) is 3. The summed E-state index contributed by atoms with van der Waals surface area (Å²) < 4.78 is 41.1. The fourth-order valence-electron chi connectivity index (χ4n) is 2.78. The molecule has 0 fully saturated rings. The Labute approximate surface area is 182 Å². The predicted molar refractivity (Wildman–Crippen MR) is 119 cm³/mol. The monoisotopic (exact) mass is 456 g/mol. The molecule has 1 heterocycles. The van der Waals surface area contributed by atoms with Crippen molar-refractivity contribution in [3.63, 3.8) is 0 Å². The Morgan fingerprint density at radius 2 is 1.74 bits per heavy atom. The summed E-state index contributed by atoms with van der Waals surface area (Å²) in [7, 11) is -3.73. The topological polar surface area (TPSA) is 100 Å². The summed E-state index contributed by atoms with van der Waals surface area (Å²) in [6.07, 6.45) is 0. The van der Waals surface area contributed by atoms with E-state index >= 15 is 0 Å². The quantitative estimate of drug-likeness (QED) is 0.396. The molecule has 3 aromatic carbocycles. The van der Waals surface area contributed by atoms with Crippen LogP contribution in [0.5, 0.6) is 0 Å². The van der Waals surface area contributed by atoms with Gasteiger partial charge in [-0.25, -0.2) is 22.6 Å². The third-order valence-corrected chi connectivity index (χ3v) is 6.71. The number of carbonyl (C=O) groups excluding carboxylic acids is 1. The molecule has 0 aliphatic carbocycles. The molecule has 4 aromatic rings. The Kier molecular flexibility index (Phi) is 5.83. The van der Waals surface area contributed by atoms with Gasteiger partial charge in [0.1, 0.15) is 5.82 Å². The number of amides is 2. The number of halogens is 1. The zero-order valence-corrected chi connectivity index (χ0v) is 17.6. The van der Waals surface area contributed by atoms with Crippen molar-refractivity contribution in [1.29, 1.82) is 0 Å². The van der Waals surface area contributed by atoms with E-state index in [4.69, 9.17) is 0 Å². The molecule has 4 rings (SSSR count). The van der Waals surface area contributed by atoms with Crippen molar-refractivity contribution in [3.8, 4) is 0 Å². The first-order valence-corrected chi connectivity index (χ1v) is 11.5. The third-order valence-electron chi connectivity index (χ3n) is 4.29. The number of rotatable bonds is 6. The van der Waals surface area contributed by atoms with Crippen LogP contribution in [-0.2, 0) is 16.6 Å². The highest BCUT2D eigenvalue weighted by atomic mass is 32.2. The van der Waals surface area contributed by atoms with E-state index in [9.17, 15) is 17.6 Å². The van der Waals surface area contributed by atoms with Gasteiger partial charge in [-0.05, 0) is 48.0 Å². The lowest BCUT2D eigenvalue weighted by Gasteiger charge is -2.07. The molecular formula is C21H17FN4O3S2. The second kappa shape index (κ2) is 8.70. The van der Waals surface area contributed by atoms with E-state index in [-0.39, 0.29) is 22.4 Å². The van der Waals surface area contributed by atoms with Crippen LogP contribution < -0.4 is 15.4 Å². The van der Waals surface area contributed by atoms with Gasteiger partial charge in [0.15, 0.2) is 5.13 Å². The van der Waals surface area contributed by atoms with Crippen LogP contribution in [0.2, 0.25) is 0 Å². The lowest BCUT2D eigenvalue weighted by Crippen LogP contribution is -2.28. The molecule has 0 saturated heterocycles. The lowest BCUT2D eigenvalue weighted by atomic mass is 10.2. The average molecular weight is 457 g/mol. The van der Waals surface area contributed by atoms with Crippen molar-refractivity contribution in [2.75, 3.05) is 10.0 Å². The molecule has 10 heteroatoms. The molecule has 7 nitrogen and oxygen atoms in total. The Morgan fingerprint density at radius 1 is 1.00 bits per heavy atom. The van der Waals surface area contributed by atoms with Gasteiger partial charge in [0.25, 0.3) is 10.0 Å². The third kappa shape index (κ3) is 5.16. The number of nitrogens with zero attached hydrogens (tertiary/aromatic N) is 1. The molecule has 0 atom stereocenters. The number of sulfonamides is 1. The summed E-state index contributed by atoms with van der Waals surface area (Å²) >= 11 is 1.16. The molecule has 0 aliphatic rings. The first-order valence-electron chi connectivity index (χ1n) is 9.17. The van der Waals surface area contributed by atoms with E-state index in [1.54, 1.807) is 48.5 Å². The molecule has 1 aromatic heterocycles. The van der Waals surface area contributed by atoms with E-state index in [0.717, 1.165) is 16.9 Å². The van der Waals surface area contributed by atoms with Crippen molar-refractivity contribution >= 4 is 48.4 Å². The Balaban J connectivity index is 1.42. The van der Waals surface area contributed by atoms with Gasteiger partial charge in [-0.3, -0.25) is 4.72 Å². The fraction of sp³-hybridized carbons (Fsp3) is 0.0476. The highest BCUT2D eigenvalue weighted by Gasteiger charge is 2.16. The number of thiazole rings is 1. The summed E-state index contributed by atoms with van der Waals surface area (Å²) in [5.74, 6) is -0.337. The Hall–Kier alpha value is -3.50. The second-order valence-corrected chi connectivity index (χ2v) is 9.27. The maximum absolute atomic E-state index is 12.9. The van der Waals surface area contributed by atoms with Crippen LogP contribution >= 0.6 is 11.3 Å². The van der Waals surface area contributed by atoms with Crippen molar-refractivity contribution < 1.29 is 17.6 Å². The molecule has 158 valence electrons. The maximum Gasteiger partial charge on any atom is 0.319 e. The zero-order valence-electron chi connectivity index (χ0n) is 16.0. The van der Waals surface area contributed by atoms with Crippen LogP contribution in [0.15, 0.2) is 77.7 Å². The minimum absolute atomic E-state index is 0.148. The molecule has 3 N–H and O–H groups in total. The molecule has 0 aliphatic heterocycles. The van der Waals surface area contributed by atoms with Crippen LogP contribution in [0.1, 0.15) is 5.56 Å². The van der Waals surface area contributed by atoms with Crippen LogP contribution in [0.3, 0.4) is 0 Å². The van der Waals surface area contributed by atoms with E-state index in [0.29, 0.717) is 15.9 Å².